The van der Waals surface area contributed by atoms with E-state index >= 15 is 0 Å². The van der Waals surface area contributed by atoms with Gasteiger partial charge in [-0.2, -0.15) is 0 Å². The zero-order valence-electron chi connectivity index (χ0n) is 21.4. The summed E-state index contributed by atoms with van der Waals surface area (Å²) in [5.74, 6) is 0.874. The summed E-state index contributed by atoms with van der Waals surface area (Å²) in [5.41, 5.74) is 2.55. The second-order valence-electron chi connectivity index (χ2n) is 9.51. The topological polar surface area (TPSA) is 88.4 Å². The van der Waals surface area contributed by atoms with Crippen LogP contribution in [0.2, 0.25) is 0 Å². The minimum atomic E-state index is -3.61. The van der Waals surface area contributed by atoms with Gasteiger partial charge in [0.15, 0.2) is 11.0 Å². The van der Waals surface area contributed by atoms with E-state index in [2.05, 4.69) is 24.0 Å². The van der Waals surface area contributed by atoms with Gasteiger partial charge in [-0.05, 0) is 69.9 Å². The summed E-state index contributed by atoms with van der Waals surface area (Å²) in [6.45, 7) is 6.23. The molecule has 0 radical (unpaired) electrons. The summed E-state index contributed by atoms with van der Waals surface area (Å²) >= 11 is 1.36. The van der Waals surface area contributed by atoms with Crippen LogP contribution in [-0.2, 0) is 14.8 Å². The molecule has 8 nitrogen and oxygen atoms in total. The van der Waals surface area contributed by atoms with Crippen LogP contribution in [-0.4, -0.2) is 70.2 Å². The molecule has 36 heavy (non-hydrogen) atoms. The molecule has 1 saturated heterocycles. The van der Waals surface area contributed by atoms with Crippen LogP contribution in [0.25, 0.3) is 17.1 Å². The summed E-state index contributed by atoms with van der Waals surface area (Å²) in [7, 11) is -0.595. The Balaban J connectivity index is 1.71. The van der Waals surface area contributed by atoms with Gasteiger partial charge >= 0.3 is 0 Å². The van der Waals surface area contributed by atoms with Crippen molar-refractivity contribution in [1.29, 1.82) is 0 Å². The van der Waals surface area contributed by atoms with Crippen molar-refractivity contribution in [1.82, 2.24) is 24.0 Å². The Morgan fingerprint density at radius 2 is 1.75 bits per heavy atom. The predicted molar refractivity (Wildman–Crippen MR) is 143 cm³/mol. The average Bonchev–Trinajstić information content (AvgIpc) is 3.26. The molecule has 4 rings (SSSR count). The van der Waals surface area contributed by atoms with E-state index in [4.69, 9.17) is 0 Å². The number of benzene rings is 2. The molecular formula is C26H33N5O3S2. The van der Waals surface area contributed by atoms with Gasteiger partial charge in [0, 0.05) is 37.4 Å². The van der Waals surface area contributed by atoms with Gasteiger partial charge in [-0.1, -0.05) is 36.0 Å². The molecule has 2 unspecified atom stereocenters. The molecule has 0 N–H and O–H groups in total. The van der Waals surface area contributed by atoms with Gasteiger partial charge in [0.2, 0.25) is 15.9 Å². The Morgan fingerprint density at radius 1 is 1.06 bits per heavy atom. The van der Waals surface area contributed by atoms with Crippen molar-refractivity contribution in [2.45, 2.75) is 62.2 Å². The lowest BCUT2D eigenvalue weighted by Gasteiger charge is -2.39. The maximum Gasteiger partial charge on any atom is 0.242 e. The van der Waals surface area contributed by atoms with E-state index in [9.17, 15) is 13.2 Å². The molecule has 2 atom stereocenters. The lowest BCUT2D eigenvalue weighted by Crippen LogP contribution is -2.48. The molecule has 3 aromatic rings. The van der Waals surface area contributed by atoms with Gasteiger partial charge in [-0.3, -0.25) is 9.36 Å². The maximum absolute atomic E-state index is 13.2. The number of hydrogen-bond acceptors (Lipinski definition) is 6. The minimum absolute atomic E-state index is 0.0964. The van der Waals surface area contributed by atoms with Crippen molar-refractivity contribution in [3.05, 3.63) is 54.1 Å². The number of piperidine rings is 1. The Hall–Kier alpha value is -2.69. The highest BCUT2D eigenvalue weighted by molar-refractivity contribution is 7.99. The molecule has 1 aliphatic heterocycles. The number of nitrogens with zero attached hydrogens (tertiary/aromatic N) is 5. The molecule has 192 valence electrons. The molecule has 0 bridgehead atoms. The Kier molecular flexibility index (Phi) is 7.87. The lowest BCUT2D eigenvalue weighted by molar-refractivity contribution is -0.134. The highest BCUT2D eigenvalue weighted by Gasteiger charge is 2.29. The van der Waals surface area contributed by atoms with Crippen molar-refractivity contribution < 1.29 is 13.2 Å². The number of amides is 1. The molecular weight excluding hydrogens is 494 g/mol. The third kappa shape index (κ3) is 5.35. The molecule has 10 heteroatoms. The Morgan fingerprint density at radius 3 is 2.42 bits per heavy atom. The number of aromatic nitrogens is 3. The van der Waals surface area contributed by atoms with E-state index in [0.29, 0.717) is 16.5 Å². The van der Waals surface area contributed by atoms with Crippen LogP contribution in [0.5, 0.6) is 0 Å². The smallest absolute Gasteiger partial charge is 0.242 e. The third-order valence-electron chi connectivity index (χ3n) is 6.57. The van der Waals surface area contributed by atoms with Crippen molar-refractivity contribution in [2.24, 2.45) is 0 Å². The van der Waals surface area contributed by atoms with E-state index in [1.165, 1.54) is 30.2 Å². The van der Waals surface area contributed by atoms with Gasteiger partial charge in [-0.15, -0.1) is 10.2 Å². The Labute approximate surface area is 217 Å². The zero-order valence-corrected chi connectivity index (χ0v) is 23.0. The number of carbonyl (C=O) groups is 1. The predicted octanol–water partition coefficient (Wildman–Crippen LogP) is 4.37. The summed E-state index contributed by atoms with van der Waals surface area (Å²) < 4.78 is 28.6. The zero-order chi connectivity index (χ0) is 26.0. The molecule has 2 aromatic carbocycles. The molecule has 0 saturated carbocycles. The largest absolute Gasteiger partial charge is 0.337 e. The number of hydrogen-bond donors (Lipinski definition) is 0. The van der Waals surface area contributed by atoms with Crippen molar-refractivity contribution >= 4 is 27.7 Å². The molecule has 1 aromatic heterocycles. The van der Waals surface area contributed by atoms with Gasteiger partial charge in [0.1, 0.15) is 0 Å². The second kappa shape index (κ2) is 10.7. The van der Waals surface area contributed by atoms with Crippen molar-refractivity contribution in [2.75, 3.05) is 19.8 Å². The number of aryl methyl sites for hydroxylation is 1. The van der Waals surface area contributed by atoms with Crippen molar-refractivity contribution in [3.8, 4) is 17.1 Å². The fourth-order valence-corrected chi connectivity index (χ4v) is 6.44. The number of carbonyl (C=O) groups excluding carboxylic acids is 1. The molecule has 2 heterocycles. The van der Waals surface area contributed by atoms with Crippen LogP contribution in [0.1, 0.15) is 38.7 Å². The van der Waals surface area contributed by atoms with Crippen molar-refractivity contribution in [3.63, 3.8) is 0 Å². The molecule has 1 aliphatic rings. The third-order valence-corrected chi connectivity index (χ3v) is 9.30. The number of thioether (sulfide) groups is 1. The van der Waals surface area contributed by atoms with Crippen LogP contribution in [0, 0.1) is 6.92 Å². The normalized spacial score (nSPS) is 18.6. The van der Waals surface area contributed by atoms with Crippen LogP contribution in [0.3, 0.4) is 0 Å². The van der Waals surface area contributed by atoms with Crippen LogP contribution < -0.4 is 0 Å². The Bertz CT molecular complexity index is 1340. The first-order chi connectivity index (χ1) is 17.1. The summed E-state index contributed by atoms with van der Waals surface area (Å²) in [5, 5.41) is 9.45. The van der Waals surface area contributed by atoms with Crippen LogP contribution in [0.15, 0.2) is 58.6 Å². The minimum Gasteiger partial charge on any atom is -0.337 e. The van der Waals surface area contributed by atoms with E-state index in [-0.39, 0.29) is 28.6 Å². The first kappa shape index (κ1) is 26.4. The van der Waals surface area contributed by atoms with Gasteiger partial charge in [0.05, 0.1) is 10.6 Å². The number of rotatable bonds is 7. The fraction of sp³-hybridized carbons (Fsp3) is 0.423. The SMILES string of the molecule is Cc1cccc(-n2c(SCC(=O)N3C(C)CCCC3C)nnc2-c2cccc(S(=O)(=O)N(C)C)c2)c1. The van der Waals surface area contributed by atoms with E-state index in [0.717, 1.165) is 30.5 Å². The molecule has 1 amide bonds. The number of likely N-dealkylation sites (tertiary alicyclic amines) is 1. The summed E-state index contributed by atoms with van der Waals surface area (Å²) in [4.78, 5) is 15.3. The molecule has 1 fully saturated rings. The second-order valence-corrected chi connectivity index (χ2v) is 12.6. The maximum atomic E-state index is 13.2. The van der Waals surface area contributed by atoms with E-state index in [1.807, 2.05) is 46.7 Å². The first-order valence-electron chi connectivity index (χ1n) is 12.1. The molecule has 0 aliphatic carbocycles. The van der Waals surface area contributed by atoms with Gasteiger partial charge < -0.3 is 4.90 Å². The summed E-state index contributed by atoms with van der Waals surface area (Å²) in [6.07, 6.45) is 3.19. The summed E-state index contributed by atoms with van der Waals surface area (Å²) in [6, 6.07) is 15.1. The lowest BCUT2D eigenvalue weighted by atomic mass is 9.98. The van der Waals surface area contributed by atoms with Crippen LogP contribution >= 0.6 is 11.8 Å². The van der Waals surface area contributed by atoms with Gasteiger partial charge in [-0.25, -0.2) is 12.7 Å². The fourth-order valence-electron chi connectivity index (χ4n) is 4.67. The molecule has 0 spiro atoms. The monoisotopic (exact) mass is 527 g/mol. The average molecular weight is 528 g/mol. The highest BCUT2D eigenvalue weighted by atomic mass is 32.2. The highest BCUT2D eigenvalue weighted by Crippen LogP contribution is 2.31. The van der Waals surface area contributed by atoms with E-state index < -0.39 is 10.0 Å². The van der Waals surface area contributed by atoms with Gasteiger partial charge in [0.25, 0.3) is 0 Å². The standard InChI is InChI=1S/C26H33N5O3S2/c1-18-9-6-13-22(15-18)31-25(21-12-8-14-23(16-21)36(33,34)29(4)5)27-28-26(31)35-17-24(32)30-19(2)10-7-11-20(30)3/h6,8-9,12-16,19-20H,7,10-11,17H2,1-5H3. The first-order valence-corrected chi connectivity index (χ1v) is 14.5. The quantitative estimate of drug-likeness (QED) is 0.424. The number of sulfonamides is 1. The van der Waals surface area contributed by atoms with E-state index in [1.54, 1.807) is 18.2 Å². The van der Waals surface area contributed by atoms with Crippen LogP contribution in [0.4, 0.5) is 0 Å².